The first-order chi connectivity index (χ1) is 14.7. The van der Waals surface area contributed by atoms with Gasteiger partial charge in [-0.2, -0.15) is 0 Å². The summed E-state index contributed by atoms with van der Waals surface area (Å²) in [4.78, 5) is 0. The lowest BCUT2D eigenvalue weighted by Gasteiger charge is -2.15. The zero-order valence-corrected chi connectivity index (χ0v) is 19.5. The number of nitrogens with one attached hydrogen (secondary N) is 2. The van der Waals surface area contributed by atoms with Crippen molar-refractivity contribution in [2.45, 2.75) is 10.7 Å². The summed E-state index contributed by atoms with van der Waals surface area (Å²) < 4.78 is 21.1. The zero-order valence-electron chi connectivity index (χ0n) is 17.9. The molecule has 0 radical (unpaired) electrons. The smallest absolute Gasteiger partial charge is 0.128 e. The van der Waals surface area contributed by atoms with E-state index in [2.05, 4.69) is 22.8 Å². The molecule has 0 aliphatic carbocycles. The van der Waals surface area contributed by atoms with Crippen LogP contribution >= 0.6 is 23.5 Å². The first kappa shape index (κ1) is 22.9. The Morgan fingerprint density at radius 3 is 1.40 bits per heavy atom. The van der Waals surface area contributed by atoms with Gasteiger partial charge in [-0.15, -0.1) is 23.5 Å². The van der Waals surface area contributed by atoms with Gasteiger partial charge in [-0.1, -0.05) is 0 Å². The van der Waals surface area contributed by atoms with Gasteiger partial charge in [-0.3, -0.25) is 0 Å². The van der Waals surface area contributed by atoms with Crippen molar-refractivity contribution < 1.29 is 18.9 Å². The maximum atomic E-state index is 5.37. The SMILES string of the molecule is COc1ccc(C2NCCS2)c(OC)c1.COc1ccc(C2NCCS2)c(OC)c1. The molecule has 2 unspecified atom stereocenters. The van der Waals surface area contributed by atoms with Crippen molar-refractivity contribution in [3.63, 3.8) is 0 Å². The second-order valence-electron chi connectivity index (χ2n) is 6.63. The van der Waals surface area contributed by atoms with Crippen LogP contribution in [0.5, 0.6) is 23.0 Å². The van der Waals surface area contributed by atoms with E-state index in [-0.39, 0.29) is 0 Å². The monoisotopic (exact) mass is 450 g/mol. The third-order valence-electron chi connectivity index (χ3n) is 4.88. The van der Waals surface area contributed by atoms with Gasteiger partial charge in [0.05, 0.1) is 39.2 Å². The first-order valence-electron chi connectivity index (χ1n) is 9.84. The topological polar surface area (TPSA) is 61.0 Å². The quantitative estimate of drug-likeness (QED) is 0.683. The van der Waals surface area contributed by atoms with Crippen LogP contribution in [-0.4, -0.2) is 53.0 Å². The summed E-state index contributed by atoms with van der Waals surface area (Å²) in [5.74, 6) is 5.75. The maximum Gasteiger partial charge on any atom is 0.128 e. The van der Waals surface area contributed by atoms with Crippen molar-refractivity contribution >= 4 is 23.5 Å². The van der Waals surface area contributed by atoms with Crippen molar-refractivity contribution in [1.82, 2.24) is 10.6 Å². The lowest BCUT2D eigenvalue weighted by atomic mass is 10.2. The molecule has 2 aliphatic rings. The average molecular weight is 451 g/mol. The Morgan fingerprint density at radius 1 is 0.667 bits per heavy atom. The minimum absolute atomic E-state index is 0.353. The predicted octanol–water partition coefficient (Wildman–Crippen LogP) is 4.08. The number of ether oxygens (including phenoxy) is 4. The molecule has 2 aromatic rings. The third-order valence-corrected chi connectivity index (χ3v) is 7.27. The number of rotatable bonds is 6. The van der Waals surface area contributed by atoms with Gasteiger partial charge in [-0.25, -0.2) is 0 Å². The fraction of sp³-hybridized carbons (Fsp3) is 0.455. The van der Waals surface area contributed by atoms with Crippen LogP contribution in [0.3, 0.4) is 0 Å². The Bertz CT molecular complexity index is 742. The van der Waals surface area contributed by atoms with Gasteiger partial charge < -0.3 is 29.6 Å². The molecule has 8 heteroatoms. The summed E-state index contributed by atoms with van der Waals surface area (Å²) in [7, 11) is 6.71. The Labute approximate surface area is 187 Å². The summed E-state index contributed by atoms with van der Waals surface area (Å²) in [6, 6.07) is 11.9. The van der Waals surface area contributed by atoms with E-state index in [0.29, 0.717) is 10.7 Å². The highest BCUT2D eigenvalue weighted by molar-refractivity contribution is 8.00. The number of benzene rings is 2. The number of hydrogen-bond acceptors (Lipinski definition) is 8. The number of thioether (sulfide) groups is 2. The van der Waals surface area contributed by atoms with E-state index in [9.17, 15) is 0 Å². The highest BCUT2D eigenvalue weighted by Crippen LogP contribution is 2.38. The molecule has 0 saturated carbocycles. The summed E-state index contributed by atoms with van der Waals surface area (Å²) in [6.45, 7) is 2.12. The van der Waals surface area contributed by atoms with Gasteiger partial charge in [0.1, 0.15) is 23.0 Å². The van der Waals surface area contributed by atoms with Crippen LogP contribution in [0.25, 0.3) is 0 Å². The molecule has 2 aliphatic heterocycles. The summed E-state index contributed by atoms with van der Waals surface area (Å²) in [5, 5.41) is 7.56. The van der Waals surface area contributed by atoms with Crippen molar-refractivity contribution in [3.05, 3.63) is 47.5 Å². The summed E-state index contributed by atoms with van der Waals surface area (Å²) >= 11 is 3.81. The van der Waals surface area contributed by atoms with Crippen LogP contribution < -0.4 is 29.6 Å². The molecule has 2 fully saturated rings. The molecule has 2 N–H and O–H groups in total. The van der Waals surface area contributed by atoms with E-state index in [1.54, 1.807) is 28.4 Å². The minimum Gasteiger partial charge on any atom is -0.497 e. The van der Waals surface area contributed by atoms with Gasteiger partial charge in [0.15, 0.2) is 0 Å². The Hall–Kier alpha value is -1.74. The van der Waals surface area contributed by atoms with Crippen LogP contribution in [0.15, 0.2) is 36.4 Å². The van der Waals surface area contributed by atoms with Crippen LogP contribution in [0.1, 0.15) is 21.9 Å². The maximum absolute atomic E-state index is 5.37. The Morgan fingerprint density at radius 2 is 1.10 bits per heavy atom. The van der Waals surface area contributed by atoms with Gasteiger partial charge in [-0.05, 0) is 24.3 Å². The van der Waals surface area contributed by atoms with Crippen molar-refractivity contribution in [3.8, 4) is 23.0 Å². The first-order valence-corrected chi connectivity index (χ1v) is 11.9. The van der Waals surface area contributed by atoms with Crippen molar-refractivity contribution in [2.75, 3.05) is 53.0 Å². The van der Waals surface area contributed by atoms with Crippen LogP contribution in [-0.2, 0) is 0 Å². The molecule has 0 spiro atoms. The third kappa shape index (κ3) is 5.69. The van der Waals surface area contributed by atoms with Crippen LogP contribution in [0.4, 0.5) is 0 Å². The summed E-state index contributed by atoms with van der Waals surface area (Å²) in [5.41, 5.74) is 2.39. The lowest BCUT2D eigenvalue weighted by Crippen LogP contribution is -2.12. The standard InChI is InChI=1S/2C11H15NO2S/c2*1-13-8-3-4-9(10(7-8)14-2)11-12-5-6-15-11/h2*3-4,7,11-12H,5-6H2,1-2H3. The molecule has 0 bridgehead atoms. The van der Waals surface area contributed by atoms with Gasteiger partial charge in [0, 0.05) is 47.9 Å². The molecule has 30 heavy (non-hydrogen) atoms. The second-order valence-corrected chi connectivity index (χ2v) is 9.05. The Balaban J connectivity index is 0.000000171. The Kier molecular flexibility index (Phi) is 8.87. The molecule has 6 nitrogen and oxygen atoms in total. The molecule has 2 aromatic carbocycles. The highest BCUT2D eigenvalue weighted by atomic mass is 32.2. The zero-order chi connectivity index (χ0) is 21.3. The number of methoxy groups -OCH3 is 4. The van der Waals surface area contributed by atoms with Gasteiger partial charge in [0.25, 0.3) is 0 Å². The molecular weight excluding hydrogens is 420 g/mol. The molecule has 2 atom stereocenters. The highest BCUT2D eigenvalue weighted by Gasteiger charge is 2.21. The van der Waals surface area contributed by atoms with Crippen LogP contribution in [0.2, 0.25) is 0 Å². The van der Waals surface area contributed by atoms with Gasteiger partial charge >= 0.3 is 0 Å². The molecule has 0 amide bonds. The van der Waals surface area contributed by atoms with E-state index in [0.717, 1.165) is 47.6 Å². The molecule has 4 rings (SSSR count). The van der Waals surface area contributed by atoms with E-state index < -0.39 is 0 Å². The van der Waals surface area contributed by atoms with E-state index in [4.69, 9.17) is 18.9 Å². The normalized spacial score (nSPS) is 20.3. The molecule has 164 valence electrons. The largest absolute Gasteiger partial charge is 0.497 e. The van der Waals surface area contributed by atoms with Crippen LogP contribution in [0, 0.1) is 0 Å². The molecule has 2 heterocycles. The minimum atomic E-state index is 0.353. The summed E-state index contributed by atoms with van der Waals surface area (Å²) in [6.07, 6.45) is 0. The van der Waals surface area contributed by atoms with Crippen molar-refractivity contribution in [2.24, 2.45) is 0 Å². The van der Waals surface area contributed by atoms with Gasteiger partial charge in [0.2, 0.25) is 0 Å². The fourth-order valence-corrected chi connectivity index (χ4v) is 5.48. The van der Waals surface area contributed by atoms with E-state index in [1.807, 2.05) is 47.8 Å². The average Bonchev–Trinajstić information content (AvgIpc) is 3.53. The van der Waals surface area contributed by atoms with E-state index >= 15 is 0 Å². The van der Waals surface area contributed by atoms with E-state index in [1.165, 1.54) is 11.1 Å². The fourth-order valence-electron chi connectivity index (χ4n) is 3.32. The molecule has 0 aromatic heterocycles. The predicted molar refractivity (Wildman–Crippen MR) is 125 cm³/mol. The second kappa shape index (κ2) is 11.6. The molecular formula is C22H30N2O4S2. The number of hydrogen-bond donors (Lipinski definition) is 2. The molecule has 2 saturated heterocycles. The van der Waals surface area contributed by atoms with Crippen molar-refractivity contribution in [1.29, 1.82) is 0 Å². The lowest BCUT2D eigenvalue weighted by molar-refractivity contribution is 0.390.